The van der Waals surface area contributed by atoms with Crippen molar-refractivity contribution >= 4 is 35.1 Å². The Labute approximate surface area is 182 Å². The van der Waals surface area contributed by atoms with Crippen LogP contribution in [0.2, 0.25) is 0 Å². The Morgan fingerprint density at radius 2 is 2.00 bits per heavy atom. The molecule has 1 aliphatic heterocycles. The highest BCUT2D eigenvalue weighted by molar-refractivity contribution is 8.05. The average molecular weight is 437 g/mol. The maximum Gasteiger partial charge on any atom is 0.270 e. The van der Waals surface area contributed by atoms with Gasteiger partial charge in [-0.25, -0.2) is 0 Å². The number of nitrogens with one attached hydrogen (secondary N) is 2. The zero-order valence-electron chi connectivity index (χ0n) is 16.5. The molecular formula is C22H19N3O5S. The second-order valence-corrected chi connectivity index (χ2v) is 7.98. The number of hydrogen-bond acceptors (Lipinski definition) is 7. The monoisotopic (exact) mass is 437 g/mol. The molecule has 4 rings (SSSR count). The van der Waals surface area contributed by atoms with Gasteiger partial charge in [0.2, 0.25) is 0 Å². The quantitative estimate of drug-likeness (QED) is 0.290. The van der Waals surface area contributed by atoms with Crippen LogP contribution in [-0.4, -0.2) is 21.4 Å². The molecule has 1 aliphatic rings. The zero-order chi connectivity index (χ0) is 22.0. The van der Waals surface area contributed by atoms with Crippen LogP contribution in [0.15, 0.2) is 63.9 Å². The topological polar surface area (TPSA) is 118 Å². The first-order chi connectivity index (χ1) is 14.9. The molecule has 0 spiro atoms. The van der Waals surface area contributed by atoms with E-state index < -0.39 is 4.92 Å². The first kappa shape index (κ1) is 20.5. The largest absolute Gasteiger partial charge is 0.507 e. The van der Waals surface area contributed by atoms with Crippen molar-refractivity contribution in [3.63, 3.8) is 0 Å². The number of phenols is 1. The number of aromatic hydroxyl groups is 1. The lowest BCUT2D eigenvalue weighted by Crippen LogP contribution is -2.30. The molecule has 2 aromatic carbocycles. The summed E-state index contributed by atoms with van der Waals surface area (Å²) in [6.45, 7) is 2.09. The van der Waals surface area contributed by atoms with Crippen LogP contribution in [-0.2, 0) is 11.2 Å². The molecule has 0 bridgehead atoms. The normalized spacial score (nSPS) is 17.0. The van der Waals surface area contributed by atoms with Crippen LogP contribution < -0.4 is 10.6 Å². The van der Waals surface area contributed by atoms with Crippen molar-refractivity contribution in [2.75, 3.05) is 5.32 Å². The van der Waals surface area contributed by atoms with E-state index in [1.807, 2.05) is 24.3 Å². The highest BCUT2D eigenvalue weighted by Crippen LogP contribution is 2.35. The Balaban J connectivity index is 1.49. The summed E-state index contributed by atoms with van der Waals surface area (Å²) in [7, 11) is 0. The highest BCUT2D eigenvalue weighted by atomic mass is 32.2. The summed E-state index contributed by atoms with van der Waals surface area (Å²) in [6, 6.07) is 14.9. The SMILES string of the molecule is CCc1ccc(N[C@@H]2NC(=O)/C(=C/c3ccc(-c4cc([N+](=O)[O-])ccc4O)o3)S2)cc1. The smallest absolute Gasteiger partial charge is 0.270 e. The fraction of sp³-hybridized carbons (Fsp3) is 0.136. The number of hydrogen-bond donors (Lipinski definition) is 3. The molecule has 1 aromatic heterocycles. The molecule has 0 radical (unpaired) electrons. The molecule has 2 heterocycles. The molecule has 3 aromatic rings. The molecule has 1 atom stereocenters. The van der Waals surface area contributed by atoms with E-state index in [1.54, 1.807) is 18.2 Å². The number of anilines is 1. The minimum Gasteiger partial charge on any atom is -0.507 e. The van der Waals surface area contributed by atoms with Gasteiger partial charge in [0.15, 0.2) is 5.50 Å². The molecule has 0 aliphatic carbocycles. The van der Waals surface area contributed by atoms with Gasteiger partial charge in [-0.1, -0.05) is 30.8 Å². The molecule has 0 saturated carbocycles. The van der Waals surface area contributed by atoms with Crippen molar-refractivity contribution in [2.24, 2.45) is 0 Å². The van der Waals surface area contributed by atoms with E-state index in [2.05, 4.69) is 17.6 Å². The van der Waals surface area contributed by atoms with E-state index in [-0.39, 0.29) is 34.2 Å². The molecule has 1 saturated heterocycles. The lowest BCUT2D eigenvalue weighted by molar-refractivity contribution is -0.384. The van der Waals surface area contributed by atoms with Crippen molar-refractivity contribution in [1.29, 1.82) is 0 Å². The van der Waals surface area contributed by atoms with Gasteiger partial charge < -0.3 is 20.2 Å². The highest BCUT2D eigenvalue weighted by Gasteiger charge is 2.27. The first-order valence-electron chi connectivity index (χ1n) is 9.55. The third-order valence-electron chi connectivity index (χ3n) is 4.75. The van der Waals surface area contributed by atoms with E-state index in [1.165, 1.54) is 35.5 Å². The van der Waals surface area contributed by atoms with Gasteiger partial charge in [-0.3, -0.25) is 14.9 Å². The van der Waals surface area contributed by atoms with Crippen LogP contribution in [0.5, 0.6) is 5.75 Å². The molecule has 158 valence electrons. The Morgan fingerprint density at radius 1 is 1.23 bits per heavy atom. The molecule has 8 nitrogen and oxygen atoms in total. The van der Waals surface area contributed by atoms with E-state index in [0.717, 1.165) is 12.1 Å². The number of benzene rings is 2. The second kappa shape index (κ2) is 8.57. The molecule has 31 heavy (non-hydrogen) atoms. The van der Waals surface area contributed by atoms with Gasteiger partial charge in [-0.15, -0.1) is 0 Å². The zero-order valence-corrected chi connectivity index (χ0v) is 17.3. The van der Waals surface area contributed by atoms with Crippen molar-refractivity contribution in [2.45, 2.75) is 18.8 Å². The van der Waals surface area contributed by atoms with E-state index >= 15 is 0 Å². The Bertz CT molecular complexity index is 1170. The van der Waals surface area contributed by atoms with Crippen LogP contribution in [0.25, 0.3) is 17.4 Å². The lowest BCUT2D eigenvalue weighted by atomic mass is 10.1. The van der Waals surface area contributed by atoms with E-state index in [9.17, 15) is 20.0 Å². The number of nitrogens with zero attached hydrogens (tertiary/aromatic N) is 1. The molecule has 3 N–H and O–H groups in total. The summed E-state index contributed by atoms with van der Waals surface area (Å²) >= 11 is 1.32. The van der Waals surface area contributed by atoms with Gasteiger partial charge in [0.05, 0.1) is 15.4 Å². The van der Waals surface area contributed by atoms with Gasteiger partial charge in [0.25, 0.3) is 11.6 Å². The standard InChI is InChI=1S/C22H19N3O5S/c1-2-13-3-5-14(6-4-13)23-22-24-21(27)20(31-22)12-16-8-10-19(30-16)17-11-15(25(28)29)7-9-18(17)26/h3-12,22-23,26H,2H2,1H3,(H,24,27)/b20-12-/t22-/m1/s1. The number of furan rings is 1. The molecule has 0 unspecified atom stereocenters. The van der Waals surface area contributed by atoms with Crippen molar-refractivity contribution in [3.05, 3.63) is 80.9 Å². The number of nitro benzene ring substituents is 1. The van der Waals surface area contributed by atoms with E-state index in [4.69, 9.17) is 4.42 Å². The van der Waals surface area contributed by atoms with Gasteiger partial charge in [0.1, 0.15) is 17.3 Å². The van der Waals surface area contributed by atoms with E-state index in [0.29, 0.717) is 10.7 Å². The second-order valence-electron chi connectivity index (χ2n) is 6.84. The minimum atomic E-state index is -0.544. The number of thioether (sulfide) groups is 1. The maximum absolute atomic E-state index is 12.3. The number of phenolic OH excluding ortho intramolecular Hbond substituents is 1. The number of non-ortho nitro benzene ring substituents is 1. The van der Waals surface area contributed by atoms with Gasteiger partial charge >= 0.3 is 0 Å². The third kappa shape index (κ3) is 4.56. The molecular weight excluding hydrogens is 418 g/mol. The van der Waals surface area contributed by atoms with Crippen LogP contribution in [0.1, 0.15) is 18.2 Å². The summed E-state index contributed by atoms with van der Waals surface area (Å²) in [5.74, 6) is 0.294. The lowest BCUT2D eigenvalue weighted by Gasteiger charge is -2.12. The minimum absolute atomic E-state index is 0.134. The predicted octanol–water partition coefficient (Wildman–Crippen LogP) is 4.72. The number of carbonyl (C=O) groups is 1. The first-order valence-corrected chi connectivity index (χ1v) is 10.4. The van der Waals surface area contributed by atoms with Gasteiger partial charge in [-0.05, 0) is 42.3 Å². The molecule has 9 heteroatoms. The Morgan fingerprint density at radius 3 is 2.71 bits per heavy atom. The fourth-order valence-electron chi connectivity index (χ4n) is 3.09. The van der Waals surface area contributed by atoms with Crippen LogP contribution in [0, 0.1) is 10.1 Å². The van der Waals surface area contributed by atoms with Crippen molar-refractivity contribution in [3.8, 4) is 17.1 Å². The summed E-state index contributed by atoms with van der Waals surface area (Å²) < 4.78 is 5.70. The summed E-state index contributed by atoms with van der Waals surface area (Å²) in [5, 5.41) is 27.1. The van der Waals surface area contributed by atoms with Crippen molar-refractivity contribution < 1.29 is 19.2 Å². The Hall–Kier alpha value is -3.72. The molecule has 1 amide bonds. The van der Waals surface area contributed by atoms with Crippen LogP contribution >= 0.6 is 11.8 Å². The van der Waals surface area contributed by atoms with Crippen LogP contribution in [0.3, 0.4) is 0 Å². The Kier molecular flexibility index (Phi) is 5.68. The predicted molar refractivity (Wildman–Crippen MR) is 119 cm³/mol. The van der Waals surface area contributed by atoms with Crippen molar-refractivity contribution in [1.82, 2.24) is 5.32 Å². The summed E-state index contributed by atoms with van der Waals surface area (Å²) in [6.07, 6.45) is 2.56. The molecule has 1 fully saturated rings. The summed E-state index contributed by atoms with van der Waals surface area (Å²) in [5.41, 5.74) is 1.87. The van der Waals surface area contributed by atoms with Gasteiger partial charge in [-0.2, -0.15) is 0 Å². The summed E-state index contributed by atoms with van der Waals surface area (Å²) in [4.78, 5) is 23.2. The number of aryl methyl sites for hydroxylation is 1. The maximum atomic E-state index is 12.3. The number of carbonyl (C=O) groups excluding carboxylic acids is 1. The number of rotatable bonds is 6. The third-order valence-corrected chi connectivity index (χ3v) is 5.78. The number of amides is 1. The van der Waals surface area contributed by atoms with Gasteiger partial charge in [0, 0.05) is 23.9 Å². The number of nitro groups is 1. The fourth-order valence-corrected chi connectivity index (χ4v) is 4.06. The average Bonchev–Trinajstić information content (AvgIpc) is 3.35. The van der Waals surface area contributed by atoms with Crippen LogP contribution in [0.4, 0.5) is 11.4 Å².